The third kappa shape index (κ3) is 3.15. The van der Waals surface area contributed by atoms with Crippen LogP contribution in [0.5, 0.6) is 11.5 Å². The molecule has 1 aromatic heterocycles. The van der Waals surface area contributed by atoms with E-state index in [-0.39, 0.29) is 12.4 Å². The Morgan fingerprint density at radius 2 is 1.82 bits per heavy atom. The van der Waals surface area contributed by atoms with Gasteiger partial charge in [-0.25, -0.2) is 9.97 Å². The van der Waals surface area contributed by atoms with Crippen LogP contribution in [0.25, 0.3) is 16.5 Å². The minimum Gasteiger partial charge on any atom is -0.493 e. The van der Waals surface area contributed by atoms with E-state index in [0.717, 1.165) is 42.5 Å². The van der Waals surface area contributed by atoms with E-state index in [2.05, 4.69) is 21.4 Å². The number of ether oxygens (including phenoxy) is 2. The molecule has 22 heavy (non-hydrogen) atoms. The molecular weight excluding hydrogens is 302 g/mol. The fourth-order valence-corrected chi connectivity index (χ4v) is 2.65. The molecule has 0 unspecified atom stereocenters. The predicted octanol–water partition coefficient (Wildman–Crippen LogP) is 2.84. The number of hydrogen-bond donors (Lipinski definition) is 1. The van der Waals surface area contributed by atoms with Crippen LogP contribution >= 0.6 is 12.4 Å². The summed E-state index contributed by atoms with van der Waals surface area (Å²) >= 11 is 0. The number of benzene rings is 1. The van der Waals surface area contributed by atoms with E-state index in [1.54, 1.807) is 20.5 Å². The number of methoxy groups -OCH3 is 2. The molecule has 1 aliphatic heterocycles. The molecule has 0 spiro atoms. The monoisotopic (exact) mass is 321 g/mol. The molecule has 1 aliphatic rings. The zero-order valence-corrected chi connectivity index (χ0v) is 13.6. The fourth-order valence-electron chi connectivity index (χ4n) is 2.65. The molecule has 0 atom stereocenters. The molecule has 0 fully saturated rings. The third-order valence-corrected chi connectivity index (χ3v) is 3.73. The predicted molar refractivity (Wildman–Crippen MR) is 90.0 cm³/mol. The molecule has 0 radical (unpaired) electrons. The molecule has 1 aromatic carbocycles. The third-order valence-electron chi connectivity index (χ3n) is 3.73. The summed E-state index contributed by atoms with van der Waals surface area (Å²) in [6, 6.07) is 3.86. The van der Waals surface area contributed by atoms with Crippen LogP contribution in [0.4, 0.5) is 0 Å². The van der Waals surface area contributed by atoms with Crippen molar-refractivity contribution in [2.75, 3.05) is 27.3 Å². The van der Waals surface area contributed by atoms with E-state index in [4.69, 9.17) is 9.47 Å². The van der Waals surface area contributed by atoms with Crippen molar-refractivity contribution < 1.29 is 9.47 Å². The van der Waals surface area contributed by atoms with E-state index in [1.807, 2.05) is 12.1 Å². The zero-order valence-electron chi connectivity index (χ0n) is 12.8. The average Bonchev–Trinajstić information content (AvgIpc) is 2.82. The molecule has 0 bridgehead atoms. The van der Waals surface area contributed by atoms with Crippen LogP contribution in [0, 0.1) is 0 Å². The normalized spacial score (nSPS) is 14.7. The molecular formula is C16H20ClN3O2. The maximum Gasteiger partial charge on any atom is 0.162 e. The lowest BCUT2D eigenvalue weighted by Gasteiger charge is -2.12. The van der Waals surface area contributed by atoms with Gasteiger partial charge >= 0.3 is 0 Å². The van der Waals surface area contributed by atoms with Crippen molar-refractivity contribution in [1.29, 1.82) is 0 Å². The van der Waals surface area contributed by atoms with Gasteiger partial charge in [-0.2, -0.15) is 0 Å². The van der Waals surface area contributed by atoms with Crippen molar-refractivity contribution in [2.24, 2.45) is 0 Å². The lowest BCUT2D eigenvalue weighted by molar-refractivity contribution is 0.355. The maximum atomic E-state index is 5.40. The highest BCUT2D eigenvalue weighted by molar-refractivity contribution is 5.92. The first-order chi connectivity index (χ1) is 10.3. The minimum absolute atomic E-state index is 0. The molecule has 0 aliphatic carbocycles. The van der Waals surface area contributed by atoms with Crippen molar-refractivity contribution in [3.05, 3.63) is 30.2 Å². The van der Waals surface area contributed by atoms with Gasteiger partial charge in [0.2, 0.25) is 0 Å². The first kappa shape index (κ1) is 16.5. The Balaban J connectivity index is 0.00000176. The van der Waals surface area contributed by atoms with Gasteiger partial charge in [0, 0.05) is 11.5 Å². The second kappa shape index (κ2) is 7.42. The average molecular weight is 322 g/mol. The van der Waals surface area contributed by atoms with Gasteiger partial charge in [-0.3, -0.25) is 0 Å². The summed E-state index contributed by atoms with van der Waals surface area (Å²) in [6.45, 7) is 1.99. The van der Waals surface area contributed by atoms with Crippen molar-refractivity contribution in [2.45, 2.75) is 12.8 Å². The Morgan fingerprint density at radius 3 is 2.59 bits per heavy atom. The standard InChI is InChI=1S/C16H19N3O2.ClH/c1-20-14-8-12-13(9-15(14)21-2)18-10-19-16(12)11-4-3-6-17-7-5-11;/h4,8-10,17H,3,5-7H2,1-2H3;1H. The summed E-state index contributed by atoms with van der Waals surface area (Å²) in [4.78, 5) is 8.85. The summed E-state index contributed by atoms with van der Waals surface area (Å²) in [5, 5.41) is 4.40. The molecule has 0 saturated carbocycles. The molecule has 0 saturated heterocycles. The number of halogens is 1. The summed E-state index contributed by atoms with van der Waals surface area (Å²) in [5.41, 5.74) is 3.13. The lowest BCUT2D eigenvalue weighted by Crippen LogP contribution is -2.14. The van der Waals surface area contributed by atoms with Crippen molar-refractivity contribution >= 4 is 28.9 Å². The van der Waals surface area contributed by atoms with Gasteiger partial charge < -0.3 is 14.8 Å². The number of aromatic nitrogens is 2. The lowest BCUT2D eigenvalue weighted by atomic mass is 10.0. The van der Waals surface area contributed by atoms with Crippen LogP contribution < -0.4 is 14.8 Å². The topological polar surface area (TPSA) is 56.3 Å². The fraction of sp³-hybridized carbons (Fsp3) is 0.375. The van der Waals surface area contributed by atoms with Gasteiger partial charge in [0.05, 0.1) is 25.4 Å². The van der Waals surface area contributed by atoms with Crippen LogP contribution in [0.15, 0.2) is 24.5 Å². The summed E-state index contributed by atoms with van der Waals surface area (Å²) < 4.78 is 10.7. The number of rotatable bonds is 3. The Kier molecular flexibility index (Phi) is 5.57. The number of fused-ring (bicyclic) bond motifs is 1. The molecule has 6 heteroatoms. The highest BCUT2D eigenvalue weighted by Crippen LogP contribution is 2.34. The van der Waals surface area contributed by atoms with E-state index in [9.17, 15) is 0 Å². The highest BCUT2D eigenvalue weighted by Gasteiger charge is 2.14. The Labute approximate surface area is 136 Å². The van der Waals surface area contributed by atoms with E-state index in [1.165, 1.54) is 5.57 Å². The Morgan fingerprint density at radius 1 is 1.05 bits per heavy atom. The molecule has 2 heterocycles. The van der Waals surface area contributed by atoms with Crippen molar-refractivity contribution in [3.8, 4) is 11.5 Å². The summed E-state index contributed by atoms with van der Waals surface area (Å²) in [6.07, 6.45) is 5.87. The first-order valence-corrected chi connectivity index (χ1v) is 7.10. The molecule has 0 amide bonds. The molecule has 5 nitrogen and oxygen atoms in total. The molecule has 3 rings (SSSR count). The zero-order chi connectivity index (χ0) is 14.7. The van der Waals surface area contributed by atoms with E-state index >= 15 is 0 Å². The van der Waals surface area contributed by atoms with Crippen LogP contribution in [0.3, 0.4) is 0 Å². The van der Waals surface area contributed by atoms with Crippen molar-refractivity contribution in [3.63, 3.8) is 0 Å². The second-order valence-electron chi connectivity index (χ2n) is 4.96. The minimum atomic E-state index is 0. The van der Waals surface area contributed by atoms with Gasteiger partial charge in [-0.1, -0.05) is 6.08 Å². The van der Waals surface area contributed by atoms with Gasteiger partial charge in [0.1, 0.15) is 6.33 Å². The molecule has 118 valence electrons. The molecule has 2 aromatic rings. The van der Waals surface area contributed by atoms with Crippen LogP contribution in [0.1, 0.15) is 18.5 Å². The quantitative estimate of drug-likeness (QED) is 0.942. The van der Waals surface area contributed by atoms with Gasteiger partial charge in [0.25, 0.3) is 0 Å². The van der Waals surface area contributed by atoms with Gasteiger partial charge in [-0.05, 0) is 37.6 Å². The van der Waals surface area contributed by atoms with Crippen molar-refractivity contribution in [1.82, 2.24) is 15.3 Å². The Bertz CT molecular complexity index is 688. The first-order valence-electron chi connectivity index (χ1n) is 7.10. The maximum absolute atomic E-state index is 5.40. The smallest absolute Gasteiger partial charge is 0.162 e. The molecule has 1 N–H and O–H groups in total. The summed E-state index contributed by atoms with van der Waals surface area (Å²) in [5.74, 6) is 1.39. The number of nitrogens with zero attached hydrogens (tertiary/aromatic N) is 2. The van der Waals surface area contributed by atoms with Crippen LogP contribution in [-0.2, 0) is 0 Å². The van der Waals surface area contributed by atoms with Crippen LogP contribution in [0.2, 0.25) is 0 Å². The Hall–Kier alpha value is -1.85. The SMILES string of the molecule is COc1cc2ncnc(C3=CCCNCC3)c2cc1OC.Cl. The largest absolute Gasteiger partial charge is 0.493 e. The number of hydrogen-bond acceptors (Lipinski definition) is 5. The van der Waals surface area contributed by atoms with Gasteiger partial charge in [0.15, 0.2) is 11.5 Å². The van der Waals surface area contributed by atoms with Gasteiger partial charge in [-0.15, -0.1) is 12.4 Å². The van der Waals surface area contributed by atoms with E-state index in [0.29, 0.717) is 11.5 Å². The number of nitrogens with one attached hydrogen (secondary N) is 1. The summed E-state index contributed by atoms with van der Waals surface area (Å²) in [7, 11) is 3.27. The van der Waals surface area contributed by atoms with Crippen LogP contribution in [-0.4, -0.2) is 37.3 Å². The highest BCUT2D eigenvalue weighted by atomic mass is 35.5. The van der Waals surface area contributed by atoms with E-state index < -0.39 is 0 Å². The second-order valence-corrected chi connectivity index (χ2v) is 4.96.